The Morgan fingerprint density at radius 3 is 2.16 bits per heavy atom. The predicted molar refractivity (Wildman–Crippen MR) is 72.2 cm³/mol. The largest absolute Gasteiger partial charge is 0.494 e. The molecule has 7 heteroatoms. The summed E-state index contributed by atoms with van der Waals surface area (Å²) in [7, 11) is 2.81. The van der Waals surface area contributed by atoms with Gasteiger partial charge in [0, 0.05) is 12.6 Å². The van der Waals surface area contributed by atoms with Crippen LogP contribution in [0, 0.1) is 0 Å². The van der Waals surface area contributed by atoms with E-state index in [0.717, 1.165) is 4.90 Å². The molecule has 1 rings (SSSR count). The van der Waals surface area contributed by atoms with Crippen molar-refractivity contribution >= 4 is 35.1 Å². The topological polar surface area (TPSA) is 66.8 Å². The molecule has 1 aromatic rings. The summed E-state index contributed by atoms with van der Waals surface area (Å²) < 4.78 is 4.97. The molecule has 1 atom stereocenters. The van der Waals surface area contributed by atoms with Crippen LogP contribution in [0.15, 0.2) is 12.1 Å². The standard InChI is InChI=1S/C12H13Cl2NO4/c1-6(12(17)18)15(2)11(16)7-4-8(13)10(19-3)9(14)5-7/h4-6H,1-3H3,(H,17,18). The number of aliphatic carboxylic acids is 1. The van der Waals surface area contributed by atoms with E-state index in [1.165, 1.54) is 33.2 Å². The van der Waals surface area contributed by atoms with Gasteiger partial charge in [0.2, 0.25) is 0 Å². The predicted octanol–water partition coefficient (Wildman–Crippen LogP) is 2.55. The summed E-state index contributed by atoms with van der Waals surface area (Å²) in [4.78, 5) is 24.0. The number of amides is 1. The molecule has 1 amide bonds. The van der Waals surface area contributed by atoms with Crippen molar-refractivity contribution in [1.82, 2.24) is 4.90 Å². The summed E-state index contributed by atoms with van der Waals surface area (Å²) in [5.41, 5.74) is 0.200. The van der Waals surface area contributed by atoms with Crippen molar-refractivity contribution in [3.8, 4) is 5.75 Å². The molecule has 0 saturated carbocycles. The molecule has 1 N–H and O–H groups in total. The summed E-state index contributed by atoms with van der Waals surface area (Å²) in [5.74, 6) is -1.31. The lowest BCUT2D eigenvalue weighted by Crippen LogP contribution is -2.40. The van der Waals surface area contributed by atoms with Gasteiger partial charge in [-0.1, -0.05) is 23.2 Å². The number of halogens is 2. The highest BCUT2D eigenvalue weighted by atomic mass is 35.5. The van der Waals surface area contributed by atoms with Crippen LogP contribution in [0.3, 0.4) is 0 Å². The van der Waals surface area contributed by atoms with E-state index in [2.05, 4.69) is 0 Å². The van der Waals surface area contributed by atoms with Gasteiger partial charge in [-0.15, -0.1) is 0 Å². The van der Waals surface area contributed by atoms with Crippen LogP contribution in [0.5, 0.6) is 5.75 Å². The second-order valence-electron chi connectivity index (χ2n) is 3.90. The Bertz CT molecular complexity index is 495. The number of hydrogen-bond acceptors (Lipinski definition) is 3. The molecule has 0 aliphatic heterocycles. The Morgan fingerprint density at radius 2 is 1.79 bits per heavy atom. The quantitative estimate of drug-likeness (QED) is 0.928. The number of likely N-dealkylation sites (N-methyl/N-ethyl adjacent to an activating group) is 1. The minimum absolute atomic E-state index is 0.190. The molecule has 0 aliphatic carbocycles. The van der Waals surface area contributed by atoms with Gasteiger partial charge in [0.25, 0.3) is 5.91 Å². The van der Waals surface area contributed by atoms with E-state index in [1.54, 1.807) is 0 Å². The monoisotopic (exact) mass is 305 g/mol. The van der Waals surface area contributed by atoms with Gasteiger partial charge in [-0.2, -0.15) is 0 Å². The number of rotatable bonds is 4. The lowest BCUT2D eigenvalue weighted by molar-refractivity contribution is -0.141. The van der Waals surface area contributed by atoms with Gasteiger partial charge in [-0.05, 0) is 19.1 Å². The Labute approximate surface area is 120 Å². The Balaban J connectivity index is 3.11. The number of methoxy groups -OCH3 is 1. The first-order valence-corrected chi connectivity index (χ1v) is 6.08. The minimum atomic E-state index is -1.10. The average Bonchev–Trinajstić information content (AvgIpc) is 2.35. The zero-order valence-corrected chi connectivity index (χ0v) is 12.1. The first-order chi connectivity index (χ1) is 8.79. The van der Waals surface area contributed by atoms with E-state index in [1.807, 2.05) is 0 Å². The highest BCUT2D eigenvalue weighted by molar-refractivity contribution is 6.37. The third-order valence-corrected chi connectivity index (χ3v) is 3.27. The van der Waals surface area contributed by atoms with Crippen molar-refractivity contribution in [2.75, 3.05) is 14.2 Å². The maximum atomic E-state index is 12.1. The lowest BCUT2D eigenvalue weighted by Gasteiger charge is -2.22. The smallest absolute Gasteiger partial charge is 0.326 e. The summed E-state index contributed by atoms with van der Waals surface area (Å²) >= 11 is 11.9. The van der Waals surface area contributed by atoms with E-state index >= 15 is 0 Å². The Kier molecular flexibility index (Phi) is 5.03. The molecule has 0 heterocycles. The second kappa shape index (κ2) is 6.12. The van der Waals surface area contributed by atoms with Gasteiger partial charge in [0.1, 0.15) is 6.04 Å². The number of carboxylic acids is 1. The molecular weight excluding hydrogens is 293 g/mol. The van der Waals surface area contributed by atoms with Gasteiger partial charge in [0.15, 0.2) is 5.75 Å². The van der Waals surface area contributed by atoms with Gasteiger partial charge in [0.05, 0.1) is 17.2 Å². The highest BCUT2D eigenvalue weighted by Gasteiger charge is 2.24. The summed E-state index contributed by atoms with van der Waals surface area (Å²) in [6.45, 7) is 1.41. The third-order valence-electron chi connectivity index (χ3n) is 2.71. The number of ether oxygens (including phenoxy) is 1. The molecule has 1 aromatic carbocycles. The molecular formula is C12H13Cl2NO4. The van der Waals surface area contributed by atoms with Crippen molar-refractivity contribution in [1.29, 1.82) is 0 Å². The fraction of sp³-hybridized carbons (Fsp3) is 0.333. The van der Waals surface area contributed by atoms with Crippen LogP contribution >= 0.6 is 23.2 Å². The molecule has 0 spiro atoms. The molecule has 104 valence electrons. The van der Waals surface area contributed by atoms with Gasteiger partial charge in [-0.3, -0.25) is 4.79 Å². The van der Waals surface area contributed by atoms with Crippen LogP contribution in [-0.2, 0) is 4.79 Å². The number of benzene rings is 1. The molecule has 1 unspecified atom stereocenters. The summed E-state index contributed by atoms with van der Waals surface area (Å²) in [5, 5.41) is 9.25. The molecule has 0 bridgehead atoms. The van der Waals surface area contributed by atoms with E-state index < -0.39 is 17.9 Å². The Morgan fingerprint density at radius 1 is 1.32 bits per heavy atom. The van der Waals surface area contributed by atoms with Crippen molar-refractivity contribution in [2.45, 2.75) is 13.0 Å². The zero-order chi connectivity index (χ0) is 14.7. The second-order valence-corrected chi connectivity index (χ2v) is 4.72. The number of carboxylic acid groups (broad SMARTS) is 1. The normalized spacial score (nSPS) is 11.8. The van der Waals surface area contributed by atoms with E-state index in [9.17, 15) is 9.59 Å². The maximum absolute atomic E-state index is 12.1. The van der Waals surface area contributed by atoms with Crippen LogP contribution < -0.4 is 4.74 Å². The highest BCUT2D eigenvalue weighted by Crippen LogP contribution is 2.34. The molecule has 0 saturated heterocycles. The summed E-state index contributed by atoms with van der Waals surface area (Å²) in [6.07, 6.45) is 0. The minimum Gasteiger partial charge on any atom is -0.494 e. The third kappa shape index (κ3) is 3.30. The molecule has 0 aromatic heterocycles. The van der Waals surface area contributed by atoms with Crippen LogP contribution in [0.2, 0.25) is 10.0 Å². The Hall–Kier alpha value is -1.46. The number of hydrogen-bond donors (Lipinski definition) is 1. The first kappa shape index (κ1) is 15.6. The van der Waals surface area contributed by atoms with Crippen LogP contribution in [0.1, 0.15) is 17.3 Å². The lowest BCUT2D eigenvalue weighted by atomic mass is 10.1. The molecule has 0 aliphatic rings. The fourth-order valence-corrected chi connectivity index (χ4v) is 2.06. The molecule has 0 radical (unpaired) electrons. The number of nitrogens with zero attached hydrogens (tertiary/aromatic N) is 1. The molecule has 5 nitrogen and oxygen atoms in total. The average molecular weight is 306 g/mol. The fourth-order valence-electron chi connectivity index (χ4n) is 1.42. The SMILES string of the molecule is COc1c(Cl)cc(C(=O)N(C)C(C)C(=O)O)cc1Cl. The maximum Gasteiger partial charge on any atom is 0.326 e. The number of carbonyl (C=O) groups excluding carboxylic acids is 1. The van der Waals surface area contributed by atoms with E-state index in [0.29, 0.717) is 0 Å². The van der Waals surface area contributed by atoms with Crippen molar-refractivity contribution < 1.29 is 19.4 Å². The van der Waals surface area contributed by atoms with E-state index in [4.69, 9.17) is 33.0 Å². The van der Waals surface area contributed by atoms with Crippen molar-refractivity contribution in [2.24, 2.45) is 0 Å². The van der Waals surface area contributed by atoms with Crippen LogP contribution in [-0.4, -0.2) is 42.1 Å². The molecule has 0 fully saturated rings. The number of carbonyl (C=O) groups is 2. The van der Waals surface area contributed by atoms with Crippen molar-refractivity contribution in [3.63, 3.8) is 0 Å². The van der Waals surface area contributed by atoms with Gasteiger partial charge >= 0.3 is 5.97 Å². The zero-order valence-electron chi connectivity index (χ0n) is 10.6. The van der Waals surface area contributed by atoms with E-state index in [-0.39, 0.29) is 21.4 Å². The van der Waals surface area contributed by atoms with Crippen LogP contribution in [0.25, 0.3) is 0 Å². The van der Waals surface area contributed by atoms with Crippen LogP contribution in [0.4, 0.5) is 0 Å². The van der Waals surface area contributed by atoms with Gasteiger partial charge in [-0.25, -0.2) is 4.79 Å². The molecule has 19 heavy (non-hydrogen) atoms. The van der Waals surface area contributed by atoms with Gasteiger partial charge < -0.3 is 14.7 Å². The first-order valence-electron chi connectivity index (χ1n) is 5.32. The summed E-state index contributed by atoms with van der Waals surface area (Å²) in [6, 6.07) is 1.83. The van der Waals surface area contributed by atoms with Crippen molar-refractivity contribution in [3.05, 3.63) is 27.7 Å².